The van der Waals surface area contributed by atoms with Crippen molar-refractivity contribution in [1.82, 2.24) is 10.5 Å². The number of aliphatic imine (C=N–C) groups is 1. The minimum absolute atomic E-state index is 0.659. The average Bonchev–Trinajstić information content (AvgIpc) is 2.85. The lowest BCUT2D eigenvalue weighted by Gasteiger charge is -2.06. The highest BCUT2D eigenvalue weighted by Gasteiger charge is 2.18. The van der Waals surface area contributed by atoms with Crippen LogP contribution in [-0.2, 0) is 6.54 Å². The average molecular weight is 225 g/mol. The third kappa shape index (κ3) is 2.99. The zero-order valence-corrected chi connectivity index (χ0v) is 9.59. The molecule has 0 aromatic carbocycles. The quantitative estimate of drug-likeness (QED) is 0.852. The number of nitrogens with one attached hydrogen (secondary N) is 1. The Balaban J connectivity index is 1.73. The van der Waals surface area contributed by atoms with Crippen LogP contribution >= 0.6 is 11.8 Å². The van der Waals surface area contributed by atoms with E-state index in [1.54, 1.807) is 6.20 Å². The molecule has 0 aliphatic carbocycles. The first-order chi connectivity index (χ1) is 7.38. The lowest BCUT2D eigenvalue weighted by molar-refractivity contribution is 0.381. The summed E-state index contributed by atoms with van der Waals surface area (Å²) in [4.78, 5) is 4.44. The van der Waals surface area contributed by atoms with Gasteiger partial charge in [-0.05, 0) is 6.42 Å². The van der Waals surface area contributed by atoms with Crippen LogP contribution in [0.15, 0.2) is 21.8 Å². The summed E-state index contributed by atoms with van der Waals surface area (Å²) in [6.07, 6.45) is 4.12. The second kappa shape index (κ2) is 5.21. The fraction of sp³-hybridized carbons (Fsp3) is 0.600. The Hall–Kier alpha value is -0.970. The van der Waals surface area contributed by atoms with Gasteiger partial charge in [-0.2, -0.15) is 0 Å². The number of thioether (sulfide) groups is 1. The molecule has 2 rings (SSSR count). The van der Waals surface area contributed by atoms with E-state index in [1.807, 2.05) is 17.8 Å². The lowest BCUT2D eigenvalue weighted by atomic mass is 10.2. The molecule has 1 aliphatic heterocycles. The molecule has 0 saturated heterocycles. The van der Waals surface area contributed by atoms with E-state index in [0.29, 0.717) is 11.8 Å². The predicted molar refractivity (Wildman–Crippen MR) is 61.9 cm³/mol. The Bertz CT molecular complexity index is 323. The fourth-order valence-corrected chi connectivity index (χ4v) is 2.61. The topological polar surface area (TPSA) is 50.4 Å². The zero-order valence-electron chi connectivity index (χ0n) is 8.77. The summed E-state index contributed by atoms with van der Waals surface area (Å²) in [6.45, 7) is 3.82. The van der Waals surface area contributed by atoms with Gasteiger partial charge >= 0.3 is 0 Å². The molecule has 1 unspecified atom stereocenters. The van der Waals surface area contributed by atoms with E-state index in [0.717, 1.165) is 17.5 Å². The molecule has 4 nitrogen and oxygen atoms in total. The van der Waals surface area contributed by atoms with Crippen LogP contribution in [0.1, 0.15) is 25.5 Å². The smallest absolute Gasteiger partial charge is 0.157 e. The maximum atomic E-state index is 4.99. The van der Waals surface area contributed by atoms with E-state index in [4.69, 9.17) is 4.52 Å². The Labute approximate surface area is 93.5 Å². The van der Waals surface area contributed by atoms with E-state index in [2.05, 4.69) is 22.4 Å². The van der Waals surface area contributed by atoms with Gasteiger partial charge in [-0.15, -0.1) is 0 Å². The van der Waals surface area contributed by atoms with Gasteiger partial charge in [-0.25, -0.2) is 0 Å². The van der Waals surface area contributed by atoms with Crippen molar-refractivity contribution < 1.29 is 4.52 Å². The second-order valence-corrected chi connectivity index (χ2v) is 4.80. The molecule has 1 aliphatic rings. The molecule has 0 spiro atoms. The second-order valence-electron chi connectivity index (χ2n) is 3.51. The Morgan fingerprint density at radius 3 is 3.33 bits per heavy atom. The van der Waals surface area contributed by atoms with Crippen molar-refractivity contribution in [2.75, 3.05) is 6.54 Å². The van der Waals surface area contributed by atoms with Gasteiger partial charge in [0.2, 0.25) is 0 Å². The molecule has 1 aromatic heterocycles. The largest absolute Gasteiger partial charge is 0.360 e. The third-order valence-electron chi connectivity index (χ3n) is 2.23. The first kappa shape index (κ1) is 10.5. The summed E-state index contributed by atoms with van der Waals surface area (Å²) in [5, 5.41) is 8.59. The molecule has 1 N–H and O–H groups in total. The van der Waals surface area contributed by atoms with Gasteiger partial charge in [-0.3, -0.25) is 4.99 Å². The standard InChI is InChI=1S/C10H15N3OS/c1-2-3-9-7-12-10(15-9)11-6-8-4-5-13-14-8/h4-5,9H,2-3,6-7H2,1H3,(H,11,12). The van der Waals surface area contributed by atoms with Crippen LogP contribution in [0.4, 0.5) is 0 Å². The van der Waals surface area contributed by atoms with E-state index in [1.165, 1.54) is 12.8 Å². The number of hydrogen-bond acceptors (Lipinski definition) is 5. The van der Waals surface area contributed by atoms with Crippen molar-refractivity contribution in [2.24, 2.45) is 4.99 Å². The summed E-state index contributed by atoms with van der Waals surface area (Å²) in [5.74, 6) is 0.845. The number of nitrogens with zero attached hydrogens (tertiary/aromatic N) is 2. The normalized spacial score (nSPS) is 20.3. The van der Waals surface area contributed by atoms with Crippen LogP contribution in [0.2, 0.25) is 0 Å². The SMILES string of the molecule is CCCC1CN=C(NCc2ccno2)S1. The number of hydrogen-bond donors (Lipinski definition) is 1. The Kier molecular flexibility index (Phi) is 3.66. The van der Waals surface area contributed by atoms with Crippen LogP contribution in [0.3, 0.4) is 0 Å². The molecular formula is C10H15N3OS. The third-order valence-corrected chi connectivity index (χ3v) is 3.45. The number of amidine groups is 1. The van der Waals surface area contributed by atoms with Crippen LogP contribution < -0.4 is 5.32 Å². The fourth-order valence-electron chi connectivity index (χ4n) is 1.48. The summed E-state index contributed by atoms with van der Waals surface area (Å²) in [5.41, 5.74) is 0. The molecule has 82 valence electrons. The molecule has 1 atom stereocenters. The Morgan fingerprint density at radius 2 is 2.60 bits per heavy atom. The molecule has 0 fully saturated rings. The first-order valence-electron chi connectivity index (χ1n) is 5.23. The van der Waals surface area contributed by atoms with Crippen LogP contribution in [0, 0.1) is 0 Å². The molecular weight excluding hydrogens is 210 g/mol. The van der Waals surface area contributed by atoms with Gasteiger partial charge in [0.15, 0.2) is 10.9 Å². The van der Waals surface area contributed by atoms with Gasteiger partial charge in [-0.1, -0.05) is 30.3 Å². The van der Waals surface area contributed by atoms with E-state index >= 15 is 0 Å². The van der Waals surface area contributed by atoms with Crippen molar-refractivity contribution in [3.8, 4) is 0 Å². The molecule has 2 heterocycles. The molecule has 5 heteroatoms. The lowest BCUT2D eigenvalue weighted by Crippen LogP contribution is -2.18. The van der Waals surface area contributed by atoms with Crippen molar-refractivity contribution in [2.45, 2.75) is 31.6 Å². The summed E-state index contributed by atoms with van der Waals surface area (Å²) in [6, 6.07) is 1.86. The highest BCUT2D eigenvalue weighted by Crippen LogP contribution is 2.23. The highest BCUT2D eigenvalue weighted by atomic mass is 32.2. The maximum Gasteiger partial charge on any atom is 0.157 e. The van der Waals surface area contributed by atoms with Crippen molar-refractivity contribution in [1.29, 1.82) is 0 Å². The minimum atomic E-state index is 0.659. The minimum Gasteiger partial charge on any atom is -0.360 e. The summed E-state index contributed by atoms with van der Waals surface area (Å²) in [7, 11) is 0. The van der Waals surface area contributed by atoms with Gasteiger partial charge < -0.3 is 9.84 Å². The van der Waals surface area contributed by atoms with Gasteiger partial charge in [0.25, 0.3) is 0 Å². The molecule has 0 radical (unpaired) electrons. The van der Waals surface area contributed by atoms with E-state index in [9.17, 15) is 0 Å². The molecule has 0 saturated carbocycles. The van der Waals surface area contributed by atoms with E-state index in [-0.39, 0.29) is 0 Å². The summed E-state index contributed by atoms with van der Waals surface area (Å²) < 4.78 is 4.99. The van der Waals surface area contributed by atoms with E-state index < -0.39 is 0 Å². The highest BCUT2D eigenvalue weighted by molar-refractivity contribution is 8.14. The first-order valence-corrected chi connectivity index (χ1v) is 6.11. The number of aromatic nitrogens is 1. The van der Waals surface area contributed by atoms with Gasteiger partial charge in [0.1, 0.15) is 0 Å². The zero-order chi connectivity index (χ0) is 10.5. The van der Waals surface area contributed by atoms with Crippen molar-refractivity contribution in [3.05, 3.63) is 18.0 Å². The van der Waals surface area contributed by atoms with Gasteiger partial charge in [0.05, 0.1) is 19.3 Å². The Morgan fingerprint density at radius 1 is 1.67 bits per heavy atom. The molecule has 15 heavy (non-hydrogen) atoms. The van der Waals surface area contributed by atoms with Gasteiger partial charge in [0, 0.05) is 11.3 Å². The van der Waals surface area contributed by atoms with Crippen LogP contribution in [0.5, 0.6) is 0 Å². The molecule has 0 bridgehead atoms. The molecule has 1 aromatic rings. The number of rotatable bonds is 4. The van der Waals surface area contributed by atoms with Crippen LogP contribution in [0.25, 0.3) is 0 Å². The molecule has 0 amide bonds. The van der Waals surface area contributed by atoms with Crippen molar-refractivity contribution in [3.63, 3.8) is 0 Å². The predicted octanol–water partition coefficient (Wildman–Crippen LogP) is 2.04. The summed E-state index contributed by atoms with van der Waals surface area (Å²) >= 11 is 1.83. The van der Waals surface area contributed by atoms with Crippen LogP contribution in [-0.4, -0.2) is 22.1 Å². The maximum absolute atomic E-state index is 4.99. The van der Waals surface area contributed by atoms with Crippen molar-refractivity contribution >= 4 is 16.9 Å². The monoisotopic (exact) mass is 225 g/mol.